The van der Waals surface area contributed by atoms with Crippen LogP contribution in [-0.4, -0.2) is 41.7 Å². The van der Waals surface area contributed by atoms with Gasteiger partial charge in [-0.25, -0.2) is 0 Å². The second-order valence-corrected chi connectivity index (χ2v) is 5.13. The molecule has 0 saturated carbocycles. The van der Waals surface area contributed by atoms with Crippen molar-refractivity contribution in [3.8, 4) is 0 Å². The largest absolute Gasteiger partial charge is 0.480 e. The van der Waals surface area contributed by atoms with Crippen LogP contribution in [0.15, 0.2) is 30.3 Å². The molecule has 0 spiro atoms. The zero-order valence-corrected chi connectivity index (χ0v) is 11.2. The number of hydrogen-bond donors (Lipinski definition) is 2. The Kier molecular flexibility index (Phi) is 5.36. The lowest BCUT2D eigenvalue weighted by Gasteiger charge is -2.35. The van der Waals surface area contributed by atoms with Gasteiger partial charge in [0.25, 0.3) is 0 Å². The lowest BCUT2D eigenvalue weighted by atomic mass is 10.0. The second kappa shape index (κ2) is 7.26. The van der Waals surface area contributed by atoms with Crippen molar-refractivity contribution in [2.75, 3.05) is 19.6 Å². The van der Waals surface area contributed by atoms with Gasteiger partial charge in [-0.1, -0.05) is 36.8 Å². The molecule has 1 fully saturated rings. The number of benzene rings is 1. The summed E-state index contributed by atoms with van der Waals surface area (Å²) in [6, 6.07) is 10.9. The summed E-state index contributed by atoms with van der Waals surface area (Å²) in [5, 5.41) is 11.7. The van der Waals surface area contributed by atoms with Crippen LogP contribution < -0.4 is 5.32 Å². The Bertz CT molecular complexity index is 394. The fraction of sp³-hybridized carbons (Fsp3) is 0.533. The molecule has 4 heteroatoms. The standard InChI is InChI=1S/C15H22N2O2/c18-15(19)11-16-10-14-8-4-5-9-17(14)12-13-6-2-1-3-7-13/h1-3,6-7,14,16H,4-5,8-12H2,(H,18,19). The molecule has 0 amide bonds. The van der Waals surface area contributed by atoms with E-state index in [-0.39, 0.29) is 6.54 Å². The Morgan fingerprint density at radius 1 is 1.32 bits per heavy atom. The summed E-state index contributed by atoms with van der Waals surface area (Å²) < 4.78 is 0. The molecule has 0 radical (unpaired) electrons. The molecular weight excluding hydrogens is 240 g/mol. The monoisotopic (exact) mass is 262 g/mol. The highest BCUT2D eigenvalue weighted by Gasteiger charge is 2.22. The minimum atomic E-state index is -0.787. The highest BCUT2D eigenvalue weighted by atomic mass is 16.4. The highest BCUT2D eigenvalue weighted by Crippen LogP contribution is 2.19. The highest BCUT2D eigenvalue weighted by molar-refractivity contribution is 5.68. The van der Waals surface area contributed by atoms with Crippen molar-refractivity contribution in [3.63, 3.8) is 0 Å². The van der Waals surface area contributed by atoms with Crippen LogP contribution in [0, 0.1) is 0 Å². The van der Waals surface area contributed by atoms with Crippen LogP contribution in [0.25, 0.3) is 0 Å². The molecule has 1 heterocycles. The van der Waals surface area contributed by atoms with Crippen LogP contribution in [0.4, 0.5) is 0 Å². The first-order valence-electron chi connectivity index (χ1n) is 6.96. The molecule has 2 rings (SSSR count). The van der Waals surface area contributed by atoms with E-state index in [0.29, 0.717) is 6.04 Å². The fourth-order valence-electron chi connectivity index (χ4n) is 2.66. The number of likely N-dealkylation sites (tertiary alicyclic amines) is 1. The van der Waals surface area contributed by atoms with E-state index < -0.39 is 5.97 Å². The van der Waals surface area contributed by atoms with Gasteiger partial charge in [0.05, 0.1) is 6.54 Å². The third kappa shape index (κ3) is 4.65. The molecule has 1 aliphatic rings. The van der Waals surface area contributed by atoms with Crippen LogP contribution in [0.1, 0.15) is 24.8 Å². The van der Waals surface area contributed by atoms with Gasteiger partial charge in [0, 0.05) is 19.1 Å². The van der Waals surface area contributed by atoms with Crippen molar-refractivity contribution in [1.82, 2.24) is 10.2 Å². The van der Waals surface area contributed by atoms with Gasteiger partial charge in [-0.15, -0.1) is 0 Å². The number of aliphatic carboxylic acids is 1. The quantitative estimate of drug-likeness (QED) is 0.819. The Balaban J connectivity index is 1.86. The number of rotatable bonds is 6. The van der Waals surface area contributed by atoms with E-state index in [0.717, 1.165) is 26.1 Å². The predicted octanol–water partition coefficient (Wildman–Crippen LogP) is 1.72. The van der Waals surface area contributed by atoms with E-state index in [1.165, 1.54) is 18.4 Å². The zero-order chi connectivity index (χ0) is 13.5. The molecule has 0 bridgehead atoms. The minimum Gasteiger partial charge on any atom is -0.480 e. The lowest BCUT2D eigenvalue weighted by Crippen LogP contribution is -2.45. The molecule has 1 atom stereocenters. The van der Waals surface area contributed by atoms with Gasteiger partial charge < -0.3 is 10.4 Å². The number of hydrogen-bond acceptors (Lipinski definition) is 3. The van der Waals surface area contributed by atoms with Gasteiger partial charge in [0.2, 0.25) is 0 Å². The average Bonchev–Trinajstić information content (AvgIpc) is 2.41. The summed E-state index contributed by atoms with van der Waals surface area (Å²) >= 11 is 0. The SMILES string of the molecule is O=C(O)CNCC1CCCCN1Cc1ccccc1. The van der Waals surface area contributed by atoms with Crippen molar-refractivity contribution < 1.29 is 9.90 Å². The molecule has 4 nitrogen and oxygen atoms in total. The normalized spacial score (nSPS) is 20.3. The number of nitrogens with one attached hydrogen (secondary N) is 1. The Labute approximate surface area is 114 Å². The summed E-state index contributed by atoms with van der Waals surface area (Å²) in [4.78, 5) is 13.0. The fourth-order valence-corrected chi connectivity index (χ4v) is 2.66. The molecule has 1 saturated heterocycles. The summed E-state index contributed by atoms with van der Waals surface area (Å²) in [5.74, 6) is -0.787. The van der Waals surface area contributed by atoms with Crippen molar-refractivity contribution in [2.45, 2.75) is 31.8 Å². The predicted molar refractivity (Wildman–Crippen MR) is 75.0 cm³/mol. The molecule has 0 aliphatic carbocycles. The van der Waals surface area contributed by atoms with Crippen molar-refractivity contribution >= 4 is 5.97 Å². The number of piperidine rings is 1. The van der Waals surface area contributed by atoms with Crippen LogP contribution in [0.3, 0.4) is 0 Å². The van der Waals surface area contributed by atoms with Crippen LogP contribution in [0.5, 0.6) is 0 Å². The first-order valence-corrected chi connectivity index (χ1v) is 6.96. The van der Waals surface area contributed by atoms with Gasteiger partial charge >= 0.3 is 5.97 Å². The Morgan fingerprint density at radius 3 is 2.84 bits per heavy atom. The van der Waals surface area contributed by atoms with Crippen LogP contribution in [0.2, 0.25) is 0 Å². The molecule has 2 N–H and O–H groups in total. The Hall–Kier alpha value is -1.39. The zero-order valence-electron chi connectivity index (χ0n) is 11.2. The first-order chi connectivity index (χ1) is 9.25. The molecular formula is C15H22N2O2. The third-order valence-electron chi connectivity index (χ3n) is 3.63. The number of carboxylic acid groups (broad SMARTS) is 1. The summed E-state index contributed by atoms with van der Waals surface area (Å²) in [7, 11) is 0. The van der Waals surface area contributed by atoms with Gasteiger partial charge in [-0.3, -0.25) is 9.69 Å². The van der Waals surface area contributed by atoms with Crippen molar-refractivity contribution in [1.29, 1.82) is 0 Å². The maximum absolute atomic E-state index is 10.5. The van der Waals surface area contributed by atoms with Gasteiger partial charge in [-0.05, 0) is 24.9 Å². The van der Waals surface area contributed by atoms with E-state index in [9.17, 15) is 4.79 Å². The second-order valence-electron chi connectivity index (χ2n) is 5.13. The molecule has 0 aromatic heterocycles. The first kappa shape index (κ1) is 14.0. The smallest absolute Gasteiger partial charge is 0.317 e. The average molecular weight is 262 g/mol. The van der Waals surface area contributed by atoms with E-state index in [2.05, 4.69) is 34.5 Å². The molecule has 1 aromatic rings. The molecule has 104 valence electrons. The number of nitrogens with zero attached hydrogens (tertiary/aromatic N) is 1. The van der Waals surface area contributed by atoms with E-state index >= 15 is 0 Å². The summed E-state index contributed by atoms with van der Waals surface area (Å²) in [6.45, 7) is 2.88. The minimum absolute atomic E-state index is 0.0513. The molecule has 1 aromatic carbocycles. The summed E-state index contributed by atoms with van der Waals surface area (Å²) in [5.41, 5.74) is 1.33. The maximum atomic E-state index is 10.5. The lowest BCUT2D eigenvalue weighted by molar-refractivity contribution is -0.136. The Morgan fingerprint density at radius 2 is 2.11 bits per heavy atom. The number of carboxylic acids is 1. The molecule has 1 unspecified atom stereocenters. The molecule has 1 aliphatic heterocycles. The topological polar surface area (TPSA) is 52.6 Å². The van der Waals surface area contributed by atoms with E-state index in [1.807, 2.05) is 6.07 Å². The van der Waals surface area contributed by atoms with Gasteiger partial charge in [0.15, 0.2) is 0 Å². The van der Waals surface area contributed by atoms with E-state index in [1.54, 1.807) is 0 Å². The van der Waals surface area contributed by atoms with Crippen molar-refractivity contribution in [3.05, 3.63) is 35.9 Å². The van der Waals surface area contributed by atoms with Crippen molar-refractivity contribution in [2.24, 2.45) is 0 Å². The summed E-state index contributed by atoms with van der Waals surface area (Å²) in [6.07, 6.45) is 3.63. The third-order valence-corrected chi connectivity index (χ3v) is 3.63. The molecule has 19 heavy (non-hydrogen) atoms. The number of carbonyl (C=O) groups is 1. The van der Waals surface area contributed by atoms with Crippen LogP contribution in [-0.2, 0) is 11.3 Å². The van der Waals surface area contributed by atoms with Crippen LogP contribution >= 0.6 is 0 Å². The van der Waals surface area contributed by atoms with E-state index in [4.69, 9.17) is 5.11 Å². The van der Waals surface area contributed by atoms with Gasteiger partial charge in [0.1, 0.15) is 0 Å². The maximum Gasteiger partial charge on any atom is 0.317 e. The van der Waals surface area contributed by atoms with Gasteiger partial charge in [-0.2, -0.15) is 0 Å².